The highest BCUT2D eigenvalue weighted by Gasteiger charge is 2.38. The Labute approximate surface area is 223 Å². The average molecular weight is 515 g/mol. The molecular formula is C31H34N2O5. The second-order valence-electron chi connectivity index (χ2n) is 11.0. The summed E-state index contributed by atoms with van der Waals surface area (Å²) in [4.78, 5) is 39.2. The fourth-order valence-corrected chi connectivity index (χ4v) is 4.83. The van der Waals surface area contributed by atoms with Gasteiger partial charge in [-0.15, -0.1) is 0 Å². The average Bonchev–Trinajstić information content (AvgIpc) is 3.18. The summed E-state index contributed by atoms with van der Waals surface area (Å²) in [5.74, 6) is -1.20. The van der Waals surface area contributed by atoms with E-state index in [2.05, 4.69) is 26.1 Å². The topological polar surface area (TPSA) is 95.9 Å². The van der Waals surface area contributed by atoms with Gasteiger partial charge in [-0.25, -0.2) is 4.79 Å². The van der Waals surface area contributed by atoms with E-state index < -0.39 is 12.0 Å². The maximum absolute atomic E-state index is 13.2. The first kappa shape index (κ1) is 26.9. The van der Waals surface area contributed by atoms with Crippen molar-refractivity contribution in [3.63, 3.8) is 0 Å². The number of hydrogen-bond acceptors (Lipinski definition) is 4. The number of benzene rings is 3. The maximum atomic E-state index is 13.2. The number of carbonyl (C=O) groups is 3. The lowest BCUT2D eigenvalue weighted by Gasteiger charge is -2.27. The highest BCUT2D eigenvalue weighted by atomic mass is 16.5. The van der Waals surface area contributed by atoms with E-state index in [1.807, 2.05) is 42.5 Å². The number of rotatable bonds is 7. The summed E-state index contributed by atoms with van der Waals surface area (Å²) in [6.07, 6.45) is 0. The van der Waals surface area contributed by atoms with E-state index >= 15 is 0 Å². The number of anilines is 1. The Hall–Kier alpha value is -4.13. The summed E-state index contributed by atoms with van der Waals surface area (Å²) in [6.45, 7) is 10.2. The number of ether oxygens (including phenoxy) is 1. The number of fused-ring (bicyclic) bond motifs is 1. The minimum atomic E-state index is -1.01. The van der Waals surface area contributed by atoms with E-state index in [9.17, 15) is 19.5 Å². The van der Waals surface area contributed by atoms with Crippen molar-refractivity contribution >= 4 is 23.5 Å². The number of carboxylic acid groups (broad SMARTS) is 1. The van der Waals surface area contributed by atoms with Crippen LogP contribution in [0.2, 0.25) is 0 Å². The van der Waals surface area contributed by atoms with Crippen molar-refractivity contribution in [3.8, 4) is 16.9 Å². The summed E-state index contributed by atoms with van der Waals surface area (Å²) in [5, 5.41) is 12.6. The molecule has 4 rings (SSSR count). The molecule has 1 aliphatic heterocycles. The standard InChI is InChI=1S/C31H34N2O5/c1-18(2)27(30(36)37)33-17-21-8-7-20(15-25(21)29(33)35)24-14-13-23(16-26(24)38-6)32-28(34)19-9-11-22(12-10-19)31(3,4)5/h7-16,18,27H,17H2,1-6H3,(H,32,34)(H,36,37)/t27-/m0/s1. The van der Waals surface area contributed by atoms with Gasteiger partial charge in [0.05, 0.1) is 7.11 Å². The van der Waals surface area contributed by atoms with Gasteiger partial charge >= 0.3 is 5.97 Å². The number of amides is 2. The Morgan fingerprint density at radius 2 is 1.66 bits per heavy atom. The molecule has 0 radical (unpaired) electrons. The van der Waals surface area contributed by atoms with Gasteiger partial charge in [-0.05, 0) is 58.4 Å². The molecule has 0 spiro atoms. The number of carboxylic acids is 1. The first-order chi connectivity index (χ1) is 17.9. The molecule has 1 atom stereocenters. The second kappa shape index (κ2) is 10.3. The normalized spacial score (nSPS) is 13.9. The molecule has 0 aromatic heterocycles. The first-order valence-electron chi connectivity index (χ1n) is 12.7. The third-order valence-electron chi connectivity index (χ3n) is 6.95. The third kappa shape index (κ3) is 5.28. The van der Waals surface area contributed by atoms with Crippen LogP contribution in [0.25, 0.3) is 11.1 Å². The van der Waals surface area contributed by atoms with E-state index in [4.69, 9.17) is 4.74 Å². The number of carbonyl (C=O) groups excluding carboxylic acids is 2. The largest absolute Gasteiger partial charge is 0.496 e. The fourth-order valence-electron chi connectivity index (χ4n) is 4.83. The van der Waals surface area contributed by atoms with Gasteiger partial charge in [-0.3, -0.25) is 9.59 Å². The van der Waals surface area contributed by atoms with E-state index in [0.29, 0.717) is 22.6 Å². The molecule has 0 unspecified atom stereocenters. The number of methoxy groups -OCH3 is 1. The molecule has 0 bridgehead atoms. The monoisotopic (exact) mass is 514 g/mol. The molecule has 2 amide bonds. The van der Waals surface area contributed by atoms with Gasteiger partial charge < -0.3 is 20.1 Å². The lowest BCUT2D eigenvalue weighted by atomic mass is 9.87. The molecule has 1 heterocycles. The van der Waals surface area contributed by atoms with Crippen molar-refractivity contribution < 1.29 is 24.2 Å². The van der Waals surface area contributed by atoms with Gasteiger partial charge in [-0.1, -0.05) is 58.9 Å². The Bertz CT molecular complexity index is 1390. The van der Waals surface area contributed by atoms with Crippen molar-refractivity contribution in [2.75, 3.05) is 12.4 Å². The molecule has 1 aliphatic rings. The van der Waals surface area contributed by atoms with Crippen molar-refractivity contribution in [1.29, 1.82) is 0 Å². The maximum Gasteiger partial charge on any atom is 0.326 e. The van der Waals surface area contributed by atoms with Crippen LogP contribution in [0.4, 0.5) is 5.69 Å². The van der Waals surface area contributed by atoms with Crippen LogP contribution in [0.1, 0.15) is 66.5 Å². The summed E-state index contributed by atoms with van der Waals surface area (Å²) in [5.41, 5.74) is 5.11. The van der Waals surface area contributed by atoms with Gasteiger partial charge in [0.2, 0.25) is 0 Å². The highest BCUT2D eigenvalue weighted by Crippen LogP contribution is 2.36. The Morgan fingerprint density at radius 1 is 0.974 bits per heavy atom. The first-order valence-corrected chi connectivity index (χ1v) is 12.7. The van der Waals surface area contributed by atoms with E-state index in [1.54, 1.807) is 39.2 Å². The van der Waals surface area contributed by atoms with Crippen LogP contribution in [0.5, 0.6) is 5.75 Å². The lowest BCUT2D eigenvalue weighted by molar-refractivity contribution is -0.144. The minimum Gasteiger partial charge on any atom is -0.496 e. The van der Waals surface area contributed by atoms with Gasteiger partial charge in [0.15, 0.2) is 0 Å². The zero-order valence-corrected chi connectivity index (χ0v) is 22.7. The molecule has 7 heteroatoms. The van der Waals surface area contributed by atoms with Crippen LogP contribution in [-0.2, 0) is 16.8 Å². The van der Waals surface area contributed by atoms with Gasteiger partial charge in [-0.2, -0.15) is 0 Å². The molecular weight excluding hydrogens is 480 g/mol. The highest BCUT2D eigenvalue weighted by molar-refractivity contribution is 6.05. The Morgan fingerprint density at radius 3 is 2.24 bits per heavy atom. The van der Waals surface area contributed by atoms with Crippen molar-refractivity contribution in [2.24, 2.45) is 5.92 Å². The second-order valence-corrected chi connectivity index (χ2v) is 11.0. The molecule has 198 valence electrons. The summed E-state index contributed by atoms with van der Waals surface area (Å²) in [6, 6.07) is 17.6. The van der Waals surface area contributed by atoms with Gasteiger partial charge in [0.25, 0.3) is 11.8 Å². The van der Waals surface area contributed by atoms with Gasteiger partial charge in [0.1, 0.15) is 11.8 Å². The molecule has 0 fully saturated rings. The van der Waals surface area contributed by atoms with Gasteiger partial charge in [0, 0.05) is 35.0 Å². The van der Waals surface area contributed by atoms with Crippen LogP contribution < -0.4 is 10.1 Å². The van der Waals surface area contributed by atoms with E-state index in [1.165, 1.54) is 4.90 Å². The molecule has 0 aliphatic carbocycles. The summed E-state index contributed by atoms with van der Waals surface area (Å²) in [7, 11) is 1.55. The number of aliphatic carboxylic acids is 1. The zero-order chi connectivity index (χ0) is 27.8. The molecule has 0 saturated carbocycles. The van der Waals surface area contributed by atoms with Crippen LogP contribution in [0, 0.1) is 5.92 Å². The van der Waals surface area contributed by atoms with E-state index in [-0.39, 0.29) is 29.7 Å². The molecule has 2 N–H and O–H groups in total. The molecule has 3 aromatic carbocycles. The predicted octanol–water partition coefficient (Wildman–Crippen LogP) is 5.98. The molecule has 3 aromatic rings. The zero-order valence-electron chi connectivity index (χ0n) is 22.7. The number of nitrogens with one attached hydrogen (secondary N) is 1. The molecule has 7 nitrogen and oxygen atoms in total. The van der Waals surface area contributed by atoms with Crippen LogP contribution in [0.15, 0.2) is 60.7 Å². The van der Waals surface area contributed by atoms with Crippen molar-refractivity contribution in [2.45, 2.75) is 52.6 Å². The lowest BCUT2D eigenvalue weighted by Crippen LogP contribution is -2.44. The summed E-state index contributed by atoms with van der Waals surface area (Å²) < 4.78 is 5.63. The van der Waals surface area contributed by atoms with E-state index in [0.717, 1.165) is 22.3 Å². The molecule has 38 heavy (non-hydrogen) atoms. The Kier molecular flexibility index (Phi) is 7.31. The van der Waals surface area contributed by atoms with Crippen LogP contribution in [0.3, 0.4) is 0 Å². The van der Waals surface area contributed by atoms with Crippen molar-refractivity contribution in [1.82, 2.24) is 4.90 Å². The van der Waals surface area contributed by atoms with Crippen LogP contribution >= 0.6 is 0 Å². The predicted molar refractivity (Wildman–Crippen MR) is 148 cm³/mol. The number of hydrogen-bond donors (Lipinski definition) is 2. The summed E-state index contributed by atoms with van der Waals surface area (Å²) >= 11 is 0. The molecule has 0 saturated heterocycles. The Balaban J connectivity index is 1.56. The quantitative estimate of drug-likeness (QED) is 0.405. The van der Waals surface area contributed by atoms with Crippen LogP contribution in [-0.4, -0.2) is 40.9 Å². The third-order valence-corrected chi connectivity index (χ3v) is 6.95. The fraction of sp³-hybridized carbons (Fsp3) is 0.323. The SMILES string of the molecule is COc1cc(NC(=O)c2ccc(C(C)(C)C)cc2)ccc1-c1ccc2c(c1)C(=O)N([C@H](C(=O)O)C(C)C)C2. The smallest absolute Gasteiger partial charge is 0.326 e. The minimum absolute atomic E-state index is 0.00501. The number of nitrogens with zero attached hydrogens (tertiary/aromatic N) is 1. The van der Waals surface area contributed by atoms with Crippen molar-refractivity contribution in [3.05, 3.63) is 82.9 Å².